The first-order valence-corrected chi connectivity index (χ1v) is 11.9. The summed E-state index contributed by atoms with van der Waals surface area (Å²) in [6.45, 7) is -0.284. The maximum Gasteiger partial charge on any atom is 0.337 e. The van der Waals surface area contributed by atoms with Crippen LogP contribution in [-0.4, -0.2) is 50.2 Å². The van der Waals surface area contributed by atoms with E-state index in [1.807, 2.05) is 0 Å². The van der Waals surface area contributed by atoms with Crippen LogP contribution in [0.1, 0.15) is 27.9 Å². The summed E-state index contributed by atoms with van der Waals surface area (Å²) in [5.74, 6) is -3.94. The number of carbonyl (C=O) groups is 1. The second-order valence-corrected chi connectivity index (χ2v) is 9.94. The van der Waals surface area contributed by atoms with Crippen molar-refractivity contribution in [2.24, 2.45) is 0 Å². The molecule has 12 heteroatoms. The van der Waals surface area contributed by atoms with Gasteiger partial charge in [0.2, 0.25) is 0 Å². The Kier molecular flexibility index (Phi) is 8.40. The van der Waals surface area contributed by atoms with E-state index in [2.05, 4.69) is 22.1 Å². The summed E-state index contributed by atoms with van der Waals surface area (Å²) in [4.78, 5) is 11.5. The lowest BCUT2D eigenvalue weighted by atomic mass is 10.1. The van der Waals surface area contributed by atoms with Crippen molar-refractivity contribution < 1.29 is 35.9 Å². The number of ether oxygens (including phenoxy) is 2. The van der Waals surface area contributed by atoms with Crippen LogP contribution in [0.25, 0.3) is 0 Å². The molecule has 0 aliphatic carbocycles. The molecule has 1 fully saturated rings. The van der Waals surface area contributed by atoms with Crippen molar-refractivity contribution >= 4 is 28.8 Å². The smallest absolute Gasteiger partial charge is 0.337 e. The molecular weight excluding hydrogens is 481 g/mol. The molecule has 1 aliphatic heterocycles. The lowest BCUT2D eigenvalue weighted by molar-refractivity contribution is 0.0600. The van der Waals surface area contributed by atoms with Crippen LogP contribution in [0.3, 0.4) is 0 Å². The van der Waals surface area contributed by atoms with Gasteiger partial charge in [0.15, 0.2) is 11.6 Å². The standard InChI is InChI=1S/C21H23F3N2O5S2/c1-30-21(27)14-4-2-13(3-5-14)9-25-33(28,29)26-10-17(32)7-16(26)12-31-11-15-6-19(23)20(24)8-18(15)22/h2-6,8,16-17,25,32H,7,9-12H2,1H3/t16-,17+/m0/s1. The molecule has 0 spiro atoms. The molecule has 2 aromatic rings. The average Bonchev–Trinajstić information content (AvgIpc) is 3.17. The second-order valence-electron chi connectivity index (χ2n) is 7.50. The number of hydrogen-bond donors (Lipinski definition) is 2. The van der Waals surface area contributed by atoms with Gasteiger partial charge in [-0.3, -0.25) is 0 Å². The van der Waals surface area contributed by atoms with Crippen LogP contribution in [0, 0.1) is 17.5 Å². The van der Waals surface area contributed by atoms with Crippen LogP contribution in [-0.2, 0) is 32.8 Å². The van der Waals surface area contributed by atoms with E-state index in [0.717, 1.165) is 0 Å². The summed E-state index contributed by atoms with van der Waals surface area (Å²) in [6, 6.07) is 6.86. The summed E-state index contributed by atoms with van der Waals surface area (Å²) >= 11 is 4.37. The number of carbonyl (C=O) groups excluding carboxylic acids is 1. The Hall–Kier alpha value is -2.12. The molecular formula is C21H23F3N2O5S2. The van der Waals surface area contributed by atoms with Gasteiger partial charge in [0, 0.05) is 30.0 Å². The third-order valence-electron chi connectivity index (χ3n) is 5.14. The van der Waals surface area contributed by atoms with Crippen LogP contribution >= 0.6 is 12.6 Å². The fourth-order valence-electron chi connectivity index (χ4n) is 3.42. The number of rotatable bonds is 9. The minimum absolute atomic E-state index is 0.00876. The largest absolute Gasteiger partial charge is 0.465 e. The number of methoxy groups -OCH3 is 1. The van der Waals surface area contributed by atoms with Gasteiger partial charge in [0.1, 0.15) is 5.82 Å². The number of nitrogens with zero attached hydrogens (tertiary/aromatic N) is 1. The van der Waals surface area contributed by atoms with E-state index in [9.17, 15) is 26.4 Å². The highest BCUT2D eigenvalue weighted by Crippen LogP contribution is 2.25. The van der Waals surface area contributed by atoms with Crippen molar-refractivity contribution in [3.8, 4) is 0 Å². The molecule has 0 unspecified atom stereocenters. The quantitative estimate of drug-likeness (QED) is 0.312. The van der Waals surface area contributed by atoms with Crippen molar-refractivity contribution in [3.05, 3.63) is 70.5 Å². The molecule has 0 bridgehead atoms. The molecule has 0 aromatic heterocycles. The van der Waals surface area contributed by atoms with Crippen LogP contribution in [0.15, 0.2) is 36.4 Å². The Morgan fingerprint density at radius 3 is 2.48 bits per heavy atom. The van der Waals surface area contributed by atoms with Gasteiger partial charge in [-0.15, -0.1) is 0 Å². The fraction of sp³-hybridized carbons (Fsp3) is 0.381. The van der Waals surface area contributed by atoms with Crippen molar-refractivity contribution in [3.63, 3.8) is 0 Å². The molecule has 180 valence electrons. The Labute approximate surface area is 195 Å². The monoisotopic (exact) mass is 504 g/mol. The fourth-order valence-corrected chi connectivity index (χ4v) is 5.38. The molecule has 7 nitrogen and oxygen atoms in total. The van der Waals surface area contributed by atoms with E-state index < -0.39 is 39.7 Å². The number of esters is 1. The van der Waals surface area contributed by atoms with Crippen LogP contribution < -0.4 is 4.72 Å². The maximum atomic E-state index is 13.8. The highest BCUT2D eigenvalue weighted by molar-refractivity contribution is 7.87. The number of halogens is 3. The minimum Gasteiger partial charge on any atom is -0.465 e. The second kappa shape index (κ2) is 10.9. The van der Waals surface area contributed by atoms with E-state index in [1.165, 1.54) is 23.5 Å². The van der Waals surface area contributed by atoms with E-state index in [1.54, 1.807) is 12.1 Å². The molecule has 0 amide bonds. The van der Waals surface area contributed by atoms with E-state index in [0.29, 0.717) is 29.7 Å². The van der Waals surface area contributed by atoms with Gasteiger partial charge >= 0.3 is 5.97 Å². The topological polar surface area (TPSA) is 84.9 Å². The third kappa shape index (κ3) is 6.48. The lowest BCUT2D eigenvalue weighted by Gasteiger charge is -2.24. The van der Waals surface area contributed by atoms with Gasteiger partial charge in [-0.1, -0.05) is 12.1 Å². The molecule has 3 rings (SSSR count). The molecule has 33 heavy (non-hydrogen) atoms. The highest BCUT2D eigenvalue weighted by atomic mass is 32.2. The molecule has 1 N–H and O–H groups in total. The number of hydrogen-bond acceptors (Lipinski definition) is 6. The Morgan fingerprint density at radius 2 is 1.82 bits per heavy atom. The summed E-state index contributed by atoms with van der Waals surface area (Å²) in [7, 11) is -2.64. The normalized spacial score (nSPS) is 19.1. The third-order valence-corrected chi connectivity index (χ3v) is 7.09. The lowest BCUT2D eigenvalue weighted by Crippen LogP contribution is -2.45. The van der Waals surface area contributed by atoms with E-state index in [-0.39, 0.29) is 37.1 Å². The van der Waals surface area contributed by atoms with E-state index in [4.69, 9.17) is 4.74 Å². The van der Waals surface area contributed by atoms with Crippen molar-refractivity contribution in [2.45, 2.75) is 30.9 Å². The SMILES string of the molecule is COC(=O)c1ccc(CNS(=O)(=O)N2C[C@H](S)C[C@H]2COCc2cc(F)c(F)cc2F)cc1. The summed E-state index contributed by atoms with van der Waals surface area (Å²) in [6.07, 6.45) is 0.401. The predicted octanol–water partition coefficient (Wildman–Crippen LogP) is 2.81. The van der Waals surface area contributed by atoms with Gasteiger partial charge in [0.25, 0.3) is 10.2 Å². The number of benzene rings is 2. The first kappa shape index (κ1) is 25.5. The van der Waals surface area contributed by atoms with Gasteiger partial charge < -0.3 is 9.47 Å². The van der Waals surface area contributed by atoms with Crippen LogP contribution in [0.4, 0.5) is 13.2 Å². The Balaban J connectivity index is 1.59. The van der Waals surface area contributed by atoms with Crippen molar-refractivity contribution in [1.29, 1.82) is 0 Å². The van der Waals surface area contributed by atoms with Gasteiger partial charge in [-0.05, 0) is 30.2 Å². The molecule has 1 aliphatic rings. The Bertz CT molecular complexity index is 1100. The number of nitrogens with one attached hydrogen (secondary N) is 1. The molecule has 2 atom stereocenters. The zero-order chi connectivity index (χ0) is 24.2. The van der Waals surface area contributed by atoms with E-state index >= 15 is 0 Å². The Morgan fingerprint density at radius 1 is 1.15 bits per heavy atom. The maximum absolute atomic E-state index is 13.8. The molecule has 2 aromatic carbocycles. The first-order valence-electron chi connectivity index (χ1n) is 9.93. The van der Waals surface area contributed by atoms with Crippen molar-refractivity contribution in [2.75, 3.05) is 20.3 Å². The zero-order valence-electron chi connectivity index (χ0n) is 17.6. The summed E-state index contributed by atoms with van der Waals surface area (Å²) in [5.41, 5.74) is 0.808. The number of thiol groups is 1. The average molecular weight is 505 g/mol. The highest BCUT2D eigenvalue weighted by Gasteiger charge is 2.38. The summed E-state index contributed by atoms with van der Waals surface area (Å²) in [5, 5.41) is -0.227. The summed E-state index contributed by atoms with van der Waals surface area (Å²) < 4.78 is 79.6. The molecule has 1 saturated heterocycles. The van der Waals surface area contributed by atoms with Crippen LogP contribution in [0.5, 0.6) is 0 Å². The predicted molar refractivity (Wildman–Crippen MR) is 117 cm³/mol. The molecule has 0 radical (unpaired) electrons. The van der Waals surface area contributed by atoms with Crippen LogP contribution in [0.2, 0.25) is 0 Å². The molecule has 1 heterocycles. The van der Waals surface area contributed by atoms with Gasteiger partial charge in [-0.2, -0.15) is 30.1 Å². The van der Waals surface area contributed by atoms with Gasteiger partial charge in [-0.25, -0.2) is 18.0 Å². The zero-order valence-corrected chi connectivity index (χ0v) is 19.3. The minimum atomic E-state index is -3.91. The molecule has 0 saturated carbocycles. The van der Waals surface area contributed by atoms with Crippen molar-refractivity contribution in [1.82, 2.24) is 9.03 Å². The first-order chi connectivity index (χ1) is 15.6. The van der Waals surface area contributed by atoms with Gasteiger partial charge in [0.05, 0.1) is 31.9 Å².